The number of hydrogen-bond acceptors (Lipinski definition) is 2. The lowest BCUT2D eigenvalue weighted by molar-refractivity contribution is 0.104. The highest BCUT2D eigenvalue weighted by Crippen LogP contribution is 2.19. The van der Waals surface area contributed by atoms with Crippen molar-refractivity contribution in [2.75, 3.05) is 5.32 Å². The first-order valence-corrected chi connectivity index (χ1v) is 7.79. The summed E-state index contributed by atoms with van der Waals surface area (Å²) in [5.74, 6) is -0.0742. The molecular formula is C18H17BrFNO. The summed E-state index contributed by atoms with van der Waals surface area (Å²) in [6, 6.07) is 12.2. The predicted octanol–water partition coefficient (Wildman–Crippen LogP) is 5.52. The number of carbonyl (C=O) groups excluding carboxylic acids is 1. The molecule has 0 atom stereocenters. The van der Waals surface area contributed by atoms with Gasteiger partial charge in [0, 0.05) is 22.3 Å². The predicted molar refractivity (Wildman–Crippen MR) is 91.7 cm³/mol. The standard InChI is InChI=1S/C18H17BrFNO/c1-12(2)13-3-5-14(6-4-13)18(22)9-10-21-17-8-7-15(19)11-16(17)20/h3-12,21H,1-2H3. The molecule has 0 aliphatic rings. The Kier molecular flexibility index (Phi) is 5.50. The number of hydrogen-bond donors (Lipinski definition) is 1. The SMILES string of the molecule is CC(C)c1ccc(C(=O)C=CNc2ccc(Br)cc2F)cc1. The Hall–Kier alpha value is -1.94. The van der Waals surface area contributed by atoms with Gasteiger partial charge in [-0.2, -0.15) is 0 Å². The van der Waals surface area contributed by atoms with Gasteiger partial charge < -0.3 is 5.32 Å². The minimum Gasteiger partial charge on any atom is -0.359 e. The van der Waals surface area contributed by atoms with Gasteiger partial charge in [0.1, 0.15) is 5.82 Å². The number of halogens is 2. The highest BCUT2D eigenvalue weighted by atomic mass is 79.9. The van der Waals surface area contributed by atoms with E-state index in [4.69, 9.17) is 0 Å². The molecule has 0 saturated carbocycles. The molecule has 0 radical (unpaired) electrons. The smallest absolute Gasteiger partial charge is 0.187 e. The summed E-state index contributed by atoms with van der Waals surface area (Å²) >= 11 is 3.19. The van der Waals surface area contributed by atoms with Gasteiger partial charge in [0.2, 0.25) is 0 Å². The lowest BCUT2D eigenvalue weighted by Crippen LogP contribution is -1.98. The van der Waals surface area contributed by atoms with Crippen LogP contribution >= 0.6 is 15.9 Å². The maximum atomic E-state index is 13.6. The number of benzene rings is 2. The summed E-state index contributed by atoms with van der Waals surface area (Å²) in [4.78, 5) is 12.0. The van der Waals surface area contributed by atoms with Crippen molar-refractivity contribution in [2.24, 2.45) is 0 Å². The van der Waals surface area contributed by atoms with Crippen molar-refractivity contribution < 1.29 is 9.18 Å². The van der Waals surface area contributed by atoms with E-state index in [-0.39, 0.29) is 11.6 Å². The van der Waals surface area contributed by atoms with E-state index in [9.17, 15) is 9.18 Å². The van der Waals surface area contributed by atoms with Crippen molar-refractivity contribution in [2.45, 2.75) is 19.8 Å². The van der Waals surface area contributed by atoms with Gasteiger partial charge in [-0.05, 0) is 29.7 Å². The molecule has 2 rings (SSSR count). The van der Waals surface area contributed by atoms with Gasteiger partial charge >= 0.3 is 0 Å². The molecule has 0 amide bonds. The fraction of sp³-hybridized carbons (Fsp3) is 0.167. The van der Waals surface area contributed by atoms with E-state index in [1.807, 2.05) is 24.3 Å². The van der Waals surface area contributed by atoms with Gasteiger partial charge in [-0.1, -0.05) is 54.0 Å². The summed E-state index contributed by atoms with van der Waals surface area (Å²) < 4.78 is 14.3. The highest BCUT2D eigenvalue weighted by molar-refractivity contribution is 9.10. The van der Waals surface area contributed by atoms with Crippen LogP contribution in [0.3, 0.4) is 0 Å². The Balaban J connectivity index is 2.02. The molecule has 114 valence electrons. The van der Waals surface area contributed by atoms with E-state index in [1.54, 1.807) is 12.1 Å². The lowest BCUT2D eigenvalue weighted by atomic mass is 10.0. The fourth-order valence-corrected chi connectivity index (χ4v) is 2.28. The second-order valence-corrected chi connectivity index (χ2v) is 6.16. The van der Waals surface area contributed by atoms with E-state index in [2.05, 4.69) is 35.1 Å². The van der Waals surface area contributed by atoms with Crippen LogP contribution in [0.25, 0.3) is 0 Å². The largest absolute Gasteiger partial charge is 0.359 e. The second-order valence-electron chi connectivity index (χ2n) is 5.24. The first kappa shape index (κ1) is 16.4. The summed E-state index contributed by atoms with van der Waals surface area (Å²) in [5, 5.41) is 2.77. The van der Waals surface area contributed by atoms with E-state index in [0.29, 0.717) is 21.6 Å². The molecule has 0 aliphatic carbocycles. The second kappa shape index (κ2) is 7.36. The molecule has 0 spiro atoms. The number of ketones is 1. The van der Waals surface area contributed by atoms with E-state index in [0.717, 1.165) is 0 Å². The average molecular weight is 362 g/mol. The zero-order chi connectivity index (χ0) is 16.1. The first-order chi connectivity index (χ1) is 10.5. The van der Waals surface area contributed by atoms with Crippen molar-refractivity contribution in [1.82, 2.24) is 0 Å². The van der Waals surface area contributed by atoms with Crippen LogP contribution in [0.2, 0.25) is 0 Å². The molecule has 22 heavy (non-hydrogen) atoms. The number of nitrogens with one attached hydrogen (secondary N) is 1. The normalized spacial score (nSPS) is 11.1. The lowest BCUT2D eigenvalue weighted by Gasteiger charge is -2.05. The van der Waals surface area contributed by atoms with Crippen LogP contribution in [0.15, 0.2) is 59.2 Å². The van der Waals surface area contributed by atoms with Gasteiger partial charge in [-0.25, -0.2) is 4.39 Å². The van der Waals surface area contributed by atoms with Crippen molar-refractivity contribution in [3.8, 4) is 0 Å². The molecule has 0 aliphatic heterocycles. The topological polar surface area (TPSA) is 29.1 Å². The Morgan fingerprint density at radius 3 is 2.45 bits per heavy atom. The van der Waals surface area contributed by atoms with Gasteiger partial charge in [-0.3, -0.25) is 4.79 Å². The van der Waals surface area contributed by atoms with E-state index >= 15 is 0 Å². The van der Waals surface area contributed by atoms with Crippen molar-refractivity contribution in [3.63, 3.8) is 0 Å². The van der Waals surface area contributed by atoms with Crippen LogP contribution in [0, 0.1) is 5.82 Å². The highest BCUT2D eigenvalue weighted by Gasteiger charge is 2.04. The molecule has 1 N–H and O–H groups in total. The van der Waals surface area contributed by atoms with Crippen LogP contribution in [0.5, 0.6) is 0 Å². The Morgan fingerprint density at radius 1 is 1.18 bits per heavy atom. The summed E-state index contributed by atoms with van der Waals surface area (Å²) in [5.41, 5.74) is 2.12. The molecule has 0 heterocycles. The third-order valence-corrected chi connectivity index (χ3v) is 3.76. The first-order valence-electron chi connectivity index (χ1n) is 7.00. The van der Waals surface area contributed by atoms with E-state index in [1.165, 1.54) is 23.9 Å². The zero-order valence-electron chi connectivity index (χ0n) is 12.4. The summed E-state index contributed by atoms with van der Waals surface area (Å²) in [7, 11) is 0. The number of carbonyl (C=O) groups is 1. The molecule has 2 aromatic carbocycles. The zero-order valence-corrected chi connectivity index (χ0v) is 14.0. The monoisotopic (exact) mass is 361 g/mol. The van der Waals surface area contributed by atoms with Crippen LogP contribution in [-0.2, 0) is 0 Å². The fourth-order valence-electron chi connectivity index (χ4n) is 1.94. The molecule has 0 unspecified atom stereocenters. The maximum absolute atomic E-state index is 13.6. The number of allylic oxidation sites excluding steroid dienone is 1. The maximum Gasteiger partial charge on any atom is 0.187 e. The molecule has 0 aromatic heterocycles. The number of rotatable bonds is 5. The molecule has 0 bridgehead atoms. The average Bonchev–Trinajstić information content (AvgIpc) is 2.49. The third-order valence-electron chi connectivity index (χ3n) is 3.27. The quantitative estimate of drug-likeness (QED) is 0.561. The van der Waals surface area contributed by atoms with Gasteiger partial charge in [0.15, 0.2) is 5.78 Å². The minimum absolute atomic E-state index is 0.125. The van der Waals surface area contributed by atoms with Crippen LogP contribution in [0.1, 0.15) is 35.7 Å². The van der Waals surface area contributed by atoms with Crippen LogP contribution in [-0.4, -0.2) is 5.78 Å². The minimum atomic E-state index is -0.382. The summed E-state index contributed by atoms with van der Waals surface area (Å²) in [6.07, 6.45) is 2.84. The van der Waals surface area contributed by atoms with Gasteiger partial charge in [0.25, 0.3) is 0 Å². The van der Waals surface area contributed by atoms with Crippen molar-refractivity contribution in [3.05, 3.63) is 76.2 Å². The molecule has 2 aromatic rings. The van der Waals surface area contributed by atoms with Crippen molar-refractivity contribution >= 4 is 27.4 Å². The Bertz CT molecular complexity index is 693. The summed E-state index contributed by atoms with van der Waals surface area (Å²) in [6.45, 7) is 4.21. The van der Waals surface area contributed by atoms with E-state index < -0.39 is 0 Å². The van der Waals surface area contributed by atoms with Crippen LogP contribution in [0.4, 0.5) is 10.1 Å². The molecule has 4 heteroatoms. The third kappa shape index (κ3) is 4.28. The molecule has 0 saturated heterocycles. The molecule has 0 fully saturated rings. The van der Waals surface area contributed by atoms with Gasteiger partial charge in [-0.15, -0.1) is 0 Å². The van der Waals surface area contributed by atoms with Crippen LogP contribution < -0.4 is 5.32 Å². The van der Waals surface area contributed by atoms with Crippen molar-refractivity contribution in [1.29, 1.82) is 0 Å². The molecular weight excluding hydrogens is 345 g/mol. The molecule has 2 nitrogen and oxygen atoms in total. The Labute approximate surface area is 138 Å². The Morgan fingerprint density at radius 2 is 1.86 bits per heavy atom. The van der Waals surface area contributed by atoms with Gasteiger partial charge in [0.05, 0.1) is 5.69 Å². The number of anilines is 1.